The lowest BCUT2D eigenvalue weighted by Gasteiger charge is -2.00. The van der Waals surface area contributed by atoms with E-state index in [2.05, 4.69) is 20.8 Å². The second-order valence-corrected chi connectivity index (χ2v) is 4.50. The van der Waals surface area contributed by atoms with E-state index >= 15 is 0 Å². The van der Waals surface area contributed by atoms with Crippen LogP contribution < -0.4 is 0 Å². The van der Waals surface area contributed by atoms with Crippen molar-refractivity contribution in [1.29, 1.82) is 0 Å². The number of rotatable bonds is 4. The van der Waals surface area contributed by atoms with Crippen molar-refractivity contribution in [2.24, 2.45) is 5.92 Å². The Kier molecular flexibility index (Phi) is 21.9. The van der Waals surface area contributed by atoms with Crippen LogP contribution >= 0.6 is 0 Å². The predicted octanol–water partition coefficient (Wildman–Crippen LogP) is 3.70. The molecular weight excluding hydrogens is 204 g/mol. The standard InChI is InChI=1S/C8H18.C3H8O.C2H4O2/c1-4-5-6-7-8(2)3;1-3(2)4;1-2(3)4/h8H,4-7H2,1-3H3;3-4H,1-2H3;1H3,(H,3,4). The zero-order chi connectivity index (χ0) is 13.6. The maximum atomic E-state index is 9.00. The number of aliphatic carboxylic acids is 1. The van der Waals surface area contributed by atoms with Crippen molar-refractivity contribution in [3.8, 4) is 0 Å². The summed E-state index contributed by atoms with van der Waals surface area (Å²) in [5.41, 5.74) is 0. The number of carbonyl (C=O) groups is 1. The summed E-state index contributed by atoms with van der Waals surface area (Å²) in [5.74, 6) is 0.0709. The van der Waals surface area contributed by atoms with Crippen LogP contribution in [-0.2, 0) is 4.79 Å². The van der Waals surface area contributed by atoms with Crippen molar-refractivity contribution in [2.75, 3.05) is 0 Å². The molecule has 0 heterocycles. The fourth-order valence-electron chi connectivity index (χ4n) is 0.803. The number of aliphatic hydroxyl groups excluding tert-OH is 1. The number of carboxylic acid groups (broad SMARTS) is 1. The highest BCUT2D eigenvalue weighted by Gasteiger charge is 1.90. The summed E-state index contributed by atoms with van der Waals surface area (Å²) < 4.78 is 0. The molecule has 0 radical (unpaired) electrons. The molecule has 3 nitrogen and oxygen atoms in total. The molecule has 0 aromatic carbocycles. The van der Waals surface area contributed by atoms with E-state index in [4.69, 9.17) is 15.0 Å². The van der Waals surface area contributed by atoms with Crippen molar-refractivity contribution in [1.82, 2.24) is 0 Å². The Balaban J connectivity index is -0.000000179. The predicted molar refractivity (Wildman–Crippen MR) is 69.6 cm³/mol. The summed E-state index contributed by atoms with van der Waals surface area (Å²) in [4.78, 5) is 9.00. The molecule has 0 unspecified atom stereocenters. The molecule has 16 heavy (non-hydrogen) atoms. The van der Waals surface area contributed by atoms with E-state index in [1.54, 1.807) is 13.8 Å². The van der Waals surface area contributed by atoms with Crippen LogP contribution in [0.5, 0.6) is 0 Å². The Morgan fingerprint density at radius 1 is 1.12 bits per heavy atom. The van der Waals surface area contributed by atoms with Crippen molar-refractivity contribution in [3.05, 3.63) is 0 Å². The highest BCUT2D eigenvalue weighted by atomic mass is 16.4. The molecule has 0 saturated carbocycles. The Morgan fingerprint density at radius 2 is 1.44 bits per heavy atom. The van der Waals surface area contributed by atoms with Gasteiger partial charge in [-0.1, -0.05) is 46.5 Å². The van der Waals surface area contributed by atoms with Gasteiger partial charge in [-0.15, -0.1) is 0 Å². The van der Waals surface area contributed by atoms with Gasteiger partial charge in [0.2, 0.25) is 0 Å². The van der Waals surface area contributed by atoms with Gasteiger partial charge < -0.3 is 10.2 Å². The van der Waals surface area contributed by atoms with Gasteiger partial charge in [0, 0.05) is 13.0 Å². The van der Waals surface area contributed by atoms with Crippen LogP contribution in [-0.4, -0.2) is 22.3 Å². The highest BCUT2D eigenvalue weighted by molar-refractivity contribution is 5.62. The maximum Gasteiger partial charge on any atom is 0.300 e. The third-order valence-electron chi connectivity index (χ3n) is 1.39. The van der Waals surface area contributed by atoms with Gasteiger partial charge in [-0.05, 0) is 19.8 Å². The van der Waals surface area contributed by atoms with Gasteiger partial charge in [-0.25, -0.2) is 0 Å². The van der Waals surface area contributed by atoms with Crippen LogP contribution in [0.15, 0.2) is 0 Å². The van der Waals surface area contributed by atoms with Crippen molar-refractivity contribution < 1.29 is 15.0 Å². The summed E-state index contributed by atoms with van der Waals surface area (Å²) in [6.45, 7) is 11.4. The molecule has 0 bridgehead atoms. The van der Waals surface area contributed by atoms with Crippen molar-refractivity contribution in [3.63, 3.8) is 0 Å². The summed E-state index contributed by atoms with van der Waals surface area (Å²) in [6, 6.07) is 0. The van der Waals surface area contributed by atoms with E-state index in [0.29, 0.717) is 0 Å². The summed E-state index contributed by atoms with van der Waals surface area (Å²) in [6.07, 6.45) is 5.44. The molecule has 0 fully saturated rings. The average Bonchev–Trinajstić information content (AvgIpc) is 2.01. The van der Waals surface area contributed by atoms with Gasteiger partial charge in [0.25, 0.3) is 5.97 Å². The molecule has 2 N–H and O–H groups in total. The SMILES string of the molecule is CC(=O)O.CC(C)O.CCCCCC(C)C. The molecular formula is C13H30O3. The molecule has 0 amide bonds. The average molecular weight is 234 g/mol. The Bertz CT molecular complexity index is 124. The first-order chi connectivity index (χ1) is 7.23. The van der Waals surface area contributed by atoms with E-state index in [-0.39, 0.29) is 6.10 Å². The fraction of sp³-hybridized carbons (Fsp3) is 0.923. The molecule has 0 aromatic heterocycles. The van der Waals surface area contributed by atoms with Gasteiger partial charge in [0.15, 0.2) is 0 Å². The Labute approximate surface area is 101 Å². The van der Waals surface area contributed by atoms with Gasteiger partial charge >= 0.3 is 0 Å². The monoisotopic (exact) mass is 234 g/mol. The minimum atomic E-state index is -0.833. The minimum Gasteiger partial charge on any atom is -0.481 e. The topological polar surface area (TPSA) is 57.5 Å². The maximum absolute atomic E-state index is 9.00. The first kappa shape index (κ1) is 20.8. The summed E-state index contributed by atoms with van der Waals surface area (Å²) in [7, 11) is 0. The number of aliphatic hydroxyl groups is 1. The summed E-state index contributed by atoms with van der Waals surface area (Å²) >= 11 is 0. The summed E-state index contributed by atoms with van der Waals surface area (Å²) in [5, 5.41) is 15.5. The Hall–Kier alpha value is -0.570. The van der Waals surface area contributed by atoms with Gasteiger partial charge in [0.1, 0.15) is 0 Å². The second kappa shape index (κ2) is 16.8. The molecule has 0 saturated heterocycles. The second-order valence-electron chi connectivity index (χ2n) is 4.50. The van der Waals surface area contributed by atoms with Gasteiger partial charge in [0.05, 0.1) is 0 Å². The lowest BCUT2D eigenvalue weighted by atomic mass is 10.1. The largest absolute Gasteiger partial charge is 0.481 e. The zero-order valence-corrected chi connectivity index (χ0v) is 11.8. The van der Waals surface area contributed by atoms with Crippen LogP contribution in [0.4, 0.5) is 0 Å². The molecule has 0 aliphatic rings. The van der Waals surface area contributed by atoms with Crippen LogP contribution in [0.2, 0.25) is 0 Å². The highest BCUT2D eigenvalue weighted by Crippen LogP contribution is 2.06. The third kappa shape index (κ3) is 106. The minimum absolute atomic E-state index is 0.167. The van der Waals surface area contributed by atoms with Crippen molar-refractivity contribution >= 4 is 5.97 Å². The molecule has 100 valence electrons. The normalized spacial score (nSPS) is 9.06. The zero-order valence-electron chi connectivity index (χ0n) is 11.8. The van der Waals surface area contributed by atoms with Crippen LogP contribution in [0.25, 0.3) is 0 Å². The number of hydrogen-bond acceptors (Lipinski definition) is 2. The fourth-order valence-corrected chi connectivity index (χ4v) is 0.803. The Morgan fingerprint density at radius 3 is 1.62 bits per heavy atom. The van der Waals surface area contributed by atoms with E-state index < -0.39 is 5.97 Å². The lowest BCUT2D eigenvalue weighted by molar-refractivity contribution is -0.134. The smallest absolute Gasteiger partial charge is 0.300 e. The van der Waals surface area contributed by atoms with Crippen LogP contribution in [0, 0.1) is 5.92 Å². The number of unbranched alkanes of at least 4 members (excludes halogenated alkanes) is 2. The number of hydrogen-bond donors (Lipinski definition) is 2. The van der Waals surface area contributed by atoms with Crippen LogP contribution in [0.3, 0.4) is 0 Å². The van der Waals surface area contributed by atoms with E-state index in [9.17, 15) is 0 Å². The van der Waals surface area contributed by atoms with E-state index in [1.165, 1.54) is 25.7 Å². The molecule has 0 aliphatic heterocycles. The molecule has 0 aliphatic carbocycles. The molecule has 0 aromatic rings. The molecule has 0 atom stereocenters. The van der Waals surface area contributed by atoms with Gasteiger partial charge in [-0.3, -0.25) is 4.79 Å². The third-order valence-corrected chi connectivity index (χ3v) is 1.39. The lowest BCUT2D eigenvalue weighted by Crippen LogP contribution is -1.85. The quantitative estimate of drug-likeness (QED) is 0.729. The molecule has 0 rings (SSSR count). The van der Waals surface area contributed by atoms with Gasteiger partial charge in [-0.2, -0.15) is 0 Å². The van der Waals surface area contributed by atoms with E-state index in [0.717, 1.165) is 12.8 Å². The molecule has 3 heteroatoms. The van der Waals surface area contributed by atoms with E-state index in [1.807, 2.05) is 0 Å². The number of carboxylic acids is 1. The molecule has 0 spiro atoms. The first-order valence-electron chi connectivity index (χ1n) is 6.11. The van der Waals surface area contributed by atoms with Crippen molar-refractivity contribution in [2.45, 2.75) is 73.3 Å². The van der Waals surface area contributed by atoms with Crippen LogP contribution in [0.1, 0.15) is 67.2 Å². The first-order valence-corrected chi connectivity index (χ1v) is 6.11.